The fourth-order valence-electron chi connectivity index (χ4n) is 2.56. The van der Waals surface area contributed by atoms with E-state index in [4.69, 9.17) is 15.2 Å². The molecule has 1 aromatic rings. The predicted octanol–water partition coefficient (Wildman–Crippen LogP) is 1.08. The van der Waals surface area contributed by atoms with Crippen molar-refractivity contribution in [3.63, 3.8) is 0 Å². The van der Waals surface area contributed by atoms with Crippen molar-refractivity contribution in [2.45, 2.75) is 18.5 Å². The number of likely N-dealkylation sites (tertiary alicyclic amines) is 1. The lowest BCUT2D eigenvalue weighted by Gasteiger charge is -2.27. The summed E-state index contributed by atoms with van der Waals surface area (Å²) in [6, 6.07) is 4.01. The van der Waals surface area contributed by atoms with Crippen LogP contribution in [0.25, 0.3) is 0 Å². The largest absolute Gasteiger partial charge is 0.494 e. The molecule has 110 valence electrons. The lowest BCUT2D eigenvalue weighted by atomic mass is 10.0. The van der Waals surface area contributed by atoms with Crippen molar-refractivity contribution >= 4 is 5.91 Å². The molecule has 1 aliphatic heterocycles. The Bertz CT molecular complexity index is 495. The summed E-state index contributed by atoms with van der Waals surface area (Å²) in [4.78, 5) is 13.6. The first-order chi connectivity index (χ1) is 9.58. The van der Waals surface area contributed by atoms with E-state index in [2.05, 4.69) is 0 Å². The van der Waals surface area contributed by atoms with Crippen LogP contribution < -0.4 is 10.5 Å². The molecular formula is C14H19FN2O3. The zero-order valence-corrected chi connectivity index (χ0v) is 11.6. The van der Waals surface area contributed by atoms with Gasteiger partial charge in [0.05, 0.1) is 19.8 Å². The molecule has 1 aliphatic rings. The molecule has 0 spiro atoms. The Morgan fingerprint density at radius 1 is 1.45 bits per heavy atom. The molecule has 0 aliphatic carbocycles. The summed E-state index contributed by atoms with van der Waals surface area (Å²) in [6.07, 6.45) is 0.266. The molecule has 1 saturated heterocycles. The van der Waals surface area contributed by atoms with Crippen molar-refractivity contribution in [3.8, 4) is 5.75 Å². The highest BCUT2D eigenvalue weighted by molar-refractivity contribution is 5.80. The van der Waals surface area contributed by atoms with Crippen LogP contribution in [-0.2, 0) is 9.53 Å². The van der Waals surface area contributed by atoms with Crippen molar-refractivity contribution in [1.29, 1.82) is 0 Å². The molecule has 0 bridgehead atoms. The Morgan fingerprint density at radius 2 is 2.20 bits per heavy atom. The summed E-state index contributed by atoms with van der Waals surface area (Å²) in [7, 11) is 2.98. The van der Waals surface area contributed by atoms with Crippen LogP contribution in [0.5, 0.6) is 5.75 Å². The predicted molar refractivity (Wildman–Crippen MR) is 71.9 cm³/mol. The van der Waals surface area contributed by atoms with Gasteiger partial charge in [-0.25, -0.2) is 4.39 Å². The third-order valence-corrected chi connectivity index (χ3v) is 3.53. The Labute approximate surface area is 117 Å². The Kier molecular flexibility index (Phi) is 4.57. The quantitative estimate of drug-likeness (QED) is 0.877. The van der Waals surface area contributed by atoms with Gasteiger partial charge in [-0.3, -0.25) is 4.79 Å². The van der Waals surface area contributed by atoms with Gasteiger partial charge < -0.3 is 20.1 Å². The van der Waals surface area contributed by atoms with Crippen molar-refractivity contribution < 1.29 is 18.7 Å². The second-order valence-corrected chi connectivity index (χ2v) is 4.79. The van der Waals surface area contributed by atoms with E-state index in [-0.39, 0.29) is 30.2 Å². The highest BCUT2D eigenvalue weighted by Gasteiger charge is 2.38. The van der Waals surface area contributed by atoms with Crippen LogP contribution in [-0.4, -0.2) is 44.2 Å². The van der Waals surface area contributed by atoms with Crippen molar-refractivity contribution in [3.05, 3.63) is 29.6 Å². The monoisotopic (exact) mass is 282 g/mol. The number of ether oxygens (including phenoxy) is 2. The summed E-state index contributed by atoms with van der Waals surface area (Å²) < 4.78 is 23.7. The second-order valence-electron chi connectivity index (χ2n) is 4.79. The molecule has 1 amide bonds. The van der Waals surface area contributed by atoms with Gasteiger partial charge in [-0.2, -0.15) is 0 Å². The van der Waals surface area contributed by atoms with Crippen LogP contribution in [0.4, 0.5) is 4.39 Å². The Hall–Kier alpha value is -1.66. The number of halogens is 1. The van der Waals surface area contributed by atoms with E-state index in [0.29, 0.717) is 18.7 Å². The van der Waals surface area contributed by atoms with Crippen LogP contribution in [0.15, 0.2) is 18.2 Å². The topological polar surface area (TPSA) is 64.8 Å². The van der Waals surface area contributed by atoms with Gasteiger partial charge in [0.15, 0.2) is 11.6 Å². The van der Waals surface area contributed by atoms with E-state index in [1.54, 1.807) is 24.1 Å². The maximum atomic E-state index is 13.8. The number of methoxy groups -OCH3 is 2. The number of hydrogen-bond acceptors (Lipinski definition) is 4. The average molecular weight is 282 g/mol. The standard InChI is InChI=1S/C14H19FN2O3/c1-19-6-5-17-13(18)8-11(16)14(17)9-3-4-12(20-2)10(15)7-9/h3-4,7,11,14H,5-6,8,16H2,1-2H3. The van der Waals surface area contributed by atoms with Gasteiger partial charge in [-0.05, 0) is 17.7 Å². The third kappa shape index (κ3) is 2.76. The van der Waals surface area contributed by atoms with Crippen LogP contribution in [0.1, 0.15) is 18.0 Å². The van der Waals surface area contributed by atoms with Gasteiger partial charge in [0.1, 0.15) is 0 Å². The SMILES string of the molecule is COCCN1C(=O)CC(N)C1c1ccc(OC)c(F)c1. The molecule has 2 unspecified atom stereocenters. The van der Waals surface area contributed by atoms with E-state index in [9.17, 15) is 9.18 Å². The summed E-state index contributed by atoms with van der Waals surface area (Å²) >= 11 is 0. The number of nitrogens with two attached hydrogens (primary N) is 1. The first-order valence-electron chi connectivity index (χ1n) is 6.46. The van der Waals surface area contributed by atoms with Crippen LogP contribution in [0.2, 0.25) is 0 Å². The molecule has 2 N–H and O–H groups in total. The van der Waals surface area contributed by atoms with Crippen LogP contribution in [0.3, 0.4) is 0 Å². The van der Waals surface area contributed by atoms with Gasteiger partial charge in [0, 0.05) is 26.1 Å². The van der Waals surface area contributed by atoms with Gasteiger partial charge in [-0.15, -0.1) is 0 Å². The molecule has 0 saturated carbocycles. The molecule has 2 atom stereocenters. The second kappa shape index (κ2) is 6.19. The number of carbonyl (C=O) groups is 1. The van der Waals surface area contributed by atoms with Crippen molar-refractivity contribution in [1.82, 2.24) is 4.90 Å². The molecule has 20 heavy (non-hydrogen) atoms. The van der Waals surface area contributed by atoms with Crippen LogP contribution >= 0.6 is 0 Å². The van der Waals surface area contributed by atoms with E-state index in [1.165, 1.54) is 13.2 Å². The molecule has 1 aromatic carbocycles. The van der Waals surface area contributed by atoms with E-state index in [1.807, 2.05) is 0 Å². The first-order valence-corrected chi connectivity index (χ1v) is 6.46. The van der Waals surface area contributed by atoms with Gasteiger partial charge in [-0.1, -0.05) is 6.07 Å². The molecular weight excluding hydrogens is 263 g/mol. The third-order valence-electron chi connectivity index (χ3n) is 3.53. The molecule has 0 aromatic heterocycles. The van der Waals surface area contributed by atoms with Gasteiger partial charge in [0.2, 0.25) is 5.91 Å². The average Bonchev–Trinajstić information content (AvgIpc) is 2.70. The van der Waals surface area contributed by atoms with E-state index in [0.717, 1.165) is 0 Å². The molecule has 6 heteroatoms. The minimum Gasteiger partial charge on any atom is -0.494 e. The maximum absolute atomic E-state index is 13.8. The lowest BCUT2D eigenvalue weighted by molar-refractivity contribution is -0.129. The first kappa shape index (κ1) is 14.7. The number of rotatable bonds is 5. The minimum absolute atomic E-state index is 0.0317. The number of hydrogen-bond donors (Lipinski definition) is 1. The normalized spacial score (nSPS) is 22.4. The Balaban J connectivity index is 2.27. The number of carbonyl (C=O) groups excluding carboxylic acids is 1. The zero-order valence-electron chi connectivity index (χ0n) is 11.6. The summed E-state index contributed by atoms with van der Waals surface area (Å²) in [5, 5.41) is 0. The van der Waals surface area contributed by atoms with Crippen molar-refractivity contribution in [2.24, 2.45) is 5.73 Å². The highest BCUT2D eigenvalue weighted by atomic mass is 19.1. The lowest BCUT2D eigenvalue weighted by Crippen LogP contribution is -2.35. The minimum atomic E-state index is -0.455. The smallest absolute Gasteiger partial charge is 0.224 e. The summed E-state index contributed by atoms with van der Waals surface area (Å²) in [6.45, 7) is 0.870. The number of nitrogens with zero attached hydrogens (tertiary/aromatic N) is 1. The van der Waals surface area contributed by atoms with E-state index < -0.39 is 5.82 Å². The maximum Gasteiger partial charge on any atom is 0.224 e. The molecule has 0 radical (unpaired) electrons. The zero-order chi connectivity index (χ0) is 14.7. The molecule has 2 rings (SSSR count). The van der Waals surface area contributed by atoms with Crippen molar-refractivity contribution in [2.75, 3.05) is 27.4 Å². The molecule has 5 nitrogen and oxygen atoms in total. The summed E-state index contributed by atoms with van der Waals surface area (Å²) in [5.74, 6) is -0.311. The fraction of sp³-hybridized carbons (Fsp3) is 0.500. The summed E-state index contributed by atoms with van der Waals surface area (Å²) in [5.41, 5.74) is 6.71. The Morgan fingerprint density at radius 3 is 2.80 bits per heavy atom. The fourth-order valence-corrected chi connectivity index (χ4v) is 2.56. The number of benzene rings is 1. The molecule has 1 fully saturated rings. The highest BCUT2D eigenvalue weighted by Crippen LogP contribution is 2.33. The number of amides is 1. The van der Waals surface area contributed by atoms with Gasteiger partial charge in [0.25, 0.3) is 0 Å². The van der Waals surface area contributed by atoms with Gasteiger partial charge >= 0.3 is 0 Å². The van der Waals surface area contributed by atoms with Crippen LogP contribution in [0, 0.1) is 5.82 Å². The van der Waals surface area contributed by atoms with E-state index >= 15 is 0 Å². The molecule has 1 heterocycles.